The first-order chi connectivity index (χ1) is 10.3. The van der Waals surface area contributed by atoms with Gasteiger partial charge in [0.15, 0.2) is 11.7 Å². The van der Waals surface area contributed by atoms with Gasteiger partial charge < -0.3 is 15.2 Å². The maximum Gasteiger partial charge on any atom is 0.191 e. The van der Waals surface area contributed by atoms with E-state index in [4.69, 9.17) is 4.52 Å². The zero-order valence-corrected chi connectivity index (χ0v) is 14.9. The topological polar surface area (TPSA) is 62.5 Å². The van der Waals surface area contributed by atoms with Crippen molar-refractivity contribution in [1.29, 1.82) is 0 Å². The Balaban J connectivity index is 0.00000176. The van der Waals surface area contributed by atoms with Crippen LogP contribution < -0.4 is 10.6 Å². The fourth-order valence-corrected chi connectivity index (χ4v) is 2.03. The lowest BCUT2D eigenvalue weighted by molar-refractivity contribution is 0.424. The number of nitrogens with one attached hydrogen (secondary N) is 2. The molecule has 1 aliphatic carbocycles. The Kier molecular flexibility index (Phi) is 6.23. The minimum absolute atomic E-state index is 0. The summed E-state index contributed by atoms with van der Waals surface area (Å²) in [5.41, 5.74) is 1.87. The highest BCUT2D eigenvalue weighted by atomic mass is 127. The van der Waals surface area contributed by atoms with E-state index in [1.165, 1.54) is 12.8 Å². The van der Waals surface area contributed by atoms with E-state index in [1.807, 2.05) is 36.4 Å². The molecular formula is C16H21IN4O. The Bertz CT molecular complexity index is 608. The Morgan fingerprint density at radius 3 is 2.77 bits per heavy atom. The van der Waals surface area contributed by atoms with Crippen molar-refractivity contribution in [2.45, 2.75) is 32.4 Å². The van der Waals surface area contributed by atoms with Gasteiger partial charge in [-0.3, -0.25) is 0 Å². The molecule has 0 bridgehead atoms. The standard InChI is InChI=1S/C16H20N4O.HI/c1-2-17-16(19-13-8-9-13)18-11-14-10-15(21-20-14)12-6-4-3-5-7-12;/h3-7,10,13H,2,8-9,11H2,1H3,(H2,17,18,19);1H. The lowest BCUT2D eigenvalue weighted by Crippen LogP contribution is -2.38. The number of hydrogen-bond acceptors (Lipinski definition) is 3. The van der Waals surface area contributed by atoms with Gasteiger partial charge in [0, 0.05) is 24.2 Å². The highest BCUT2D eigenvalue weighted by molar-refractivity contribution is 14.0. The number of aromatic nitrogens is 1. The molecule has 1 aromatic heterocycles. The van der Waals surface area contributed by atoms with Gasteiger partial charge in [-0.1, -0.05) is 35.5 Å². The maximum absolute atomic E-state index is 5.38. The zero-order valence-electron chi connectivity index (χ0n) is 12.6. The van der Waals surface area contributed by atoms with Crippen molar-refractivity contribution in [3.8, 4) is 11.3 Å². The Hall–Kier alpha value is -1.57. The van der Waals surface area contributed by atoms with Gasteiger partial charge in [-0.25, -0.2) is 4.99 Å². The third-order valence-corrected chi connectivity index (χ3v) is 3.28. The van der Waals surface area contributed by atoms with Crippen molar-refractivity contribution in [1.82, 2.24) is 15.8 Å². The molecule has 0 unspecified atom stereocenters. The predicted octanol–water partition coefficient (Wildman–Crippen LogP) is 3.18. The lowest BCUT2D eigenvalue weighted by atomic mass is 10.2. The number of guanidine groups is 1. The van der Waals surface area contributed by atoms with E-state index < -0.39 is 0 Å². The molecule has 0 spiro atoms. The van der Waals surface area contributed by atoms with Crippen molar-refractivity contribution < 1.29 is 4.52 Å². The minimum Gasteiger partial charge on any atom is -0.357 e. The van der Waals surface area contributed by atoms with E-state index in [9.17, 15) is 0 Å². The molecule has 22 heavy (non-hydrogen) atoms. The normalized spacial score (nSPS) is 14.3. The predicted molar refractivity (Wildman–Crippen MR) is 98.3 cm³/mol. The molecule has 0 saturated heterocycles. The van der Waals surface area contributed by atoms with Crippen LogP contribution >= 0.6 is 24.0 Å². The van der Waals surface area contributed by atoms with E-state index in [0.717, 1.165) is 29.5 Å². The van der Waals surface area contributed by atoms with E-state index in [2.05, 4.69) is 27.7 Å². The number of halogens is 1. The van der Waals surface area contributed by atoms with Gasteiger partial charge in [-0.2, -0.15) is 0 Å². The third kappa shape index (κ3) is 4.72. The van der Waals surface area contributed by atoms with E-state index >= 15 is 0 Å². The van der Waals surface area contributed by atoms with Crippen molar-refractivity contribution in [2.24, 2.45) is 4.99 Å². The second kappa shape index (κ2) is 8.17. The Morgan fingerprint density at radius 2 is 2.09 bits per heavy atom. The SMILES string of the molecule is CCNC(=NCc1cc(-c2ccccc2)on1)NC1CC1.I. The van der Waals surface area contributed by atoms with E-state index in [1.54, 1.807) is 0 Å². The highest BCUT2D eigenvalue weighted by Crippen LogP contribution is 2.20. The molecule has 118 valence electrons. The van der Waals surface area contributed by atoms with Crippen LogP contribution in [0.25, 0.3) is 11.3 Å². The van der Waals surface area contributed by atoms with Crippen molar-refractivity contribution in [2.75, 3.05) is 6.54 Å². The summed E-state index contributed by atoms with van der Waals surface area (Å²) >= 11 is 0. The van der Waals surface area contributed by atoms with Crippen molar-refractivity contribution in [3.05, 3.63) is 42.1 Å². The van der Waals surface area contributed by atoms with Crippen molar-refractivity contribution >= 4 is 29.9 Å². The minimum atomic E-state index is 0. The van der Waals surface area contributed by atoms with Crippen LogP contribution in [0.5, 0.6) is 0 Å². The lowest BCUT2D eigenvalue weighted by Gasteiger charge is -2.09. The number of aliphatic imine (C=N–C) groups is 1. The summed E-state index contributed by atoms with van der Waals surface area (Å²) in [5, 5.41) is 10.7. The van der Waals surface area contributed by atoms with Crippen LogP contribution in [0.1, 0.15) is 25.5 Å². The smallest absolute Gasteiger partial charge is 0.191 e. The number of nitrogens with zero attached hydrogens (tertiary/aromatic N) is 2. The van der Waals surface area contributed by atoms with Crippen molar-refractivity contribution in [3.63, 3.8) is 0 Å². The van der Waals surface area contributed by atoms with Gasteiger partial charge in [0.1, 0.15) is 5.69 Å². The molecule has 2 aromatic rings. The summed E-state index contributed by atoms with van der Waals surface area (Å²) in [6.07, 6.45) is 2.46. The first-order valence-corrected chi connectivity index (χ1v) is 7.41. The molecule has 0 atom stereocenters. The molecule has 6 heteroatoms. The zero-order chi connectivity index (χ0) is 14.5. The van der Waals surface area contributed by atoms with E-state index in [-0.39, 0.29) is 24.0 Å². The van der Waals surface area contributed by atoms with Gasteiger partial charge in [0.2, 0.25) is 0 Å². The molecule has 1 aromatic carbocycles. The fourth-order valence-electron chi connectivity index (χ4n) is 2.03. The molecule has 2 N–H and O–H groups in total. The Morgan fingerprint density at radius 1 is 1.32 bits per heavy atom. The molecule has 1 aliphatic rings. The molecule has 1 heterocycles. The average molecular weight is 412 g/mol. The molecular weight excluding hydrogens is 391 g/mol. The number of rotatable bonds is 5. The molecule has 0 radical (unpaired) electrons. The highest BCUT2D eigenvalue weighted by Gasteiger charge is 2.22. The summed E-state index contributed by atoms with van der Waals surface area (Å²) in [7, 11) is 0. The monoisotopic (exact) mass is 412 g/mol. The van der Waals surface area contributed by atoms with Gasteiger partial charge in [0.25, 0.3) is 0 Å². The van der Waals surface area contributed by atoms with Crippen LogP contribution in [0.3, 0.4) is 0 Å². The maximum atomic E-state index is 5.38. The molecule has 3 rings (SSSR count). The van der Waals surface area contributed by atoms with Crippen LogP contribution in [-0.4, -0.2) is 23.7 Å². The molecule has 1 fully saturated rings. The van der Waals surface area contributed by atoms with Crippen LogP contribution in [0.2, 0.25) is 0 Å². The third-order valence-electron chi connectivity index (χ3n) is 3.28. The first kappa shape index (κ1) is 16.8. The van der Waals surface area contributed by atoms with Crippen LogP contribution in [0.15, 0.2) is 45.9 Å². The van der Waals surface area contributed by atoms with E-state index in [0.29, 0.717) is 12.6 Å². The average Bonchev–Trinajstić information content (AvgIpc) is 3.20. The summed E-state index contributed by atoms with van der Waals surface area (Å²) in [4.78, 5) is 4.54. The number of benzene rings is 1. The molecule has 1 saturated carbocycles. The molecule has 0 amide bonds. The Labute approximate surface area is 147 Å². The van der Waals surface area contributed by atoms with Gasteiger partial charge >= 0.3 is 0 Å². The second-order valence-corrected chi connectivity index (χ2v) is 5.16. The van der Waals surface area contributed by atoms with Crippen LogP contribution in [-0.2, 0) is 6.54 Å². The summed E-state index contributed by atoms with van der Waals surface area (Å²) < 4.78 is 5.38. The van der Waals surface area contributed by atoms with Gasteiger partial charge in [-0.15, -0.1) is 24.0 Å². The quantitative estimate of drug-likeness (QED) is 0.450. The summed E-state index contributed by atoms with van der Waals surface area (Å²) in [5.74, 6) is 1.63. The largest absolute Gasteiger partial charge is 0.357 e. The molecule has 5 nitrogen and oxygen atoms in total. The van der Waals surface area contributed by atoms with Crippen LogP contribution in [0, 0.1) is 0 Å². The molecule has 0 aliphatic heterocycles. The van der Waals surface area contributed by atoms with Crippen LogP contribution in [0.4, 0.5) is 0 Å². The fraction of sp³-hybridized carbons (Fsp3) is 0.375. The summed E-state index contributed by atoms with van der Waals surface area (Å²) in [6, 6.07) is 12.5. The first-order valence-electron chi connectivity index (χ1n) is 7.41. The summed E-state index contributed by atoms with van der Waals surface area (Å²) in [6.45, 7) is 3.43. The second-order valence-electron chi connectivity index (χ2n) is 5.16. The van der Waals surface area contributed by atoms with Gasteiger partial charge in [-0.05, 0) is 19.8 Å². The van der Waals surface area contributed by atoms with Gasteiger partial charge in [0.05, 0.1) is 6.54 Å². The number of hydrogen-bond donors (Lipinski definition) is 2.